The van der Waals surface area contributed by atoms with Gasteiger partial charge in [-0.15, -0.1) is 0 Å². The molecule has 0 atom stereocenters. The highest BCUT2D eigenvalue weighted by atomic mass is 16.2. The number of likely N-dealkylation sites (N-methyl/N-ethyl adjacent to an activating group) is 1. The van der Waals surface area contributed by atoms with Gasteiger partial charge in [-0.3, -0.25) is 4.79 Å². The number of carbonyl (C=O) groups excluding carboxylic acids is 2. The molecule has 0 radical (unpaired) electrons. The lowest BCUT2D eigenvalue weighted by atomic mass is 9.89. The normalized spacial score (nSPS) is 25.2. The van der Waals surface area contributed by atoms with Crippen molar-refractivity contribution in [3.8, 4) is 0 Å². The van der Waals surface area contributed by atoms with Gasteiger partial charge in [0.05, 0.1) is 0 Å². The zero-order valence-electron chi connectivity index (χ0n) is 14.3. The van der Waals surface area contributed by atoms with Crippen LogP contribution in [-0.4, -0.2) is 78.0 Å². The first-order chi connectivity index (χ1) is 11.2. The predicted molar refractivity (Wildman–Crippen MR) is 89.2 cm³/mol. The van der Waals surface area contributed by atoms with Gasteiger partial charge < -0.3 is 20.0 Å². The second kappa shape index (κ2) is 7.51. The van der Waals surface area contributed by atoms with Gasteiger partial charge >= 0.3 is 6.03 Å². The predicted octanol–water partition coefficient (Wildman–Crippen LogP) is 1.27. The van der Waals surface area contributed by atoms with E-state index >= 15 is 0 Å². The number of hydrogen-bond donors (Lipinski definition) is 1. The van der Waals surface area contributed by atoms with E-state index in [4.69, 9.17) is 0 Å². The fourth-order valence-corrected chi connectivity index (χ4v) is 3.85. The molecule has 1 saturated carbocycles. The Kier molecular flexibility index (Phi) is 5.41. The number of nitrogens with zero attached hydrogens (tertiary/aromatic N) is 3. The van der Waals surface area contributed by atoms with Crippen LogP contribution in [0.4, 0.5) is 4.79 Å². The van der Waals surface area contributed by atoms with Gasteiger partial charge in [0, 0.05) is 44.8 Å². The molecule has 2 saturated heterocycles. The molecule has 1 aliphatic carbocycles. The lowest BCUT2D eigenvalue weighted by molar-refractivity contribution is -0.130. The van der Waals surface area contributed by atoms with Crippen LogP contribution in [0.3, 0.4) is 0 Å². The average Bonchev–Trinajstić information content (AvgIpc) is 2.69. The van der Waals surface area contributed by atoms with E-state index in [0.29, 0.717) is 6.54 Å². The van der Waals surface area contributed by atoms with Crippen molar-refractivity contribution in [2.75, 3.05) is 39.3 Å². The molecule has 0 unspecified atom stereocenters. The molecule has 3 amide bonds. The van der Waals surface area contributed by atoms with Gasteiger partial charge in [-0.2, -0.15) is 0 Å². The molecular formula is C17H30N4O2. The standard InChI is InChI=1S/C17H30N4O2/c1-2-19-9-4-10-21(13-16(19)22)17(23)18-14-7-11-20(12-8-14)15-5-3-6-15/h14-15H,2-13H2,1H3,(H,18,23). The molecule has 3 fully saturated rings. The number of rotatable bonds is 3. The summed E-state index contributed by atoms with van der Waals surface area (Å²) in [7, 11) is 0. The Bertz CT molecular complexity index is 430. The Hall–Kier alpha value is -1.30. The first kappa shape index (κ1) is 16.6. The summed E-state index contributed by atoms with van der Waals surface area (Å²) in [5, 5.41) is 3.15. The molecule has 0 aromatic rings. The summed E-state index contributed by atoms with van der Waals surface area (Å²) >= 11 is 0. The number of carbonyl (C=O) groups is 2. The third-order valence-electron chi connectivity index (χ3n) is 5.65. The highest BCUT2D eigenvalue weighted by Gasteiger charge is 2.30. The monoisotopic (exact) mass is 322 g/mol. The van der Waals surface area contributed by atoms with Crippen molar-refractivity contribution in [1.29, 1.82) is 0 Å². The molecule has 2 aliphatic heterocycles. The smallest absolute Gasteiger partial charge is 0.318 e. The van der Waals surface area contributed by atoms with E-state index in [1.165, 1.54) is 19.3 Å². The molecule has 0 aromatic heterocycles. The number of piperidine rings is 1. The molecule has 23 heavy (non-hydrogen) atoms. The molecular weight excluding hydrogens is 292 g/mol. The Morgan fingerprint density at radius 1 is 1.09 bits per heavy atom. The molecule has 0 aromatic carbocycles. The number of likely N-dealkylation sites (tertiary alicyclic amines) is 1. The van der Waals surface area contributed by atoms with E-state index in [1.54, 1.807) is 4.90 Å². The summed E-state index contributed by atoms with van der Waals surface area (Å²) in [6, 6.07) is 1.01. The number of amides is 3. The van der Waals surface area contributed by atoms with Crippen molar-refractivity contribution in [3.05, 3.63) is 0 Å². The topological polar surface area (TPSA) is 55.9 Å². The molecule has 6 heteroatoms. The van der Waals surface area contributed by atoms with Crippen molar-refractivity contribution in [2.24, 2.45) is 0 Å². The second-order valence-corrected chi connectivity index (χ2v) is 7.09. The first-order valence-corrected chi connectivity index (χ1v) is 9.24. The summed E-state index contributed by atoms with van der Waals surface area (Å²) in [6.45, 7) is 6.57. The Morgan fingerprint density at radius 2 is 1.83 bits per heavy atom. The molecule has 130 valence electrons. The first-order valence-electron chi connectivity index (χ1n) is 9.24. The minimum atomic E-state index is -0.0570. The largest absolute Gasteiger partial charge is 0.341 e. The van der Waals surface area contributed by atoms with Gasteiger partial charge in [0.2, 0.25) is 5.91 Å². The zero-order chi connectivity index (χ0) is 16.2. The molecule has 2 heterocycles. The number of urea groups is 1. The van der Waals surface area contributed by atoms with Crippen LogP contribution in [-0.2, 0) is 4.79 Å². The van der Waals surface area contributed by atoms with E-state index in [0.717, 1.165) is 51.5 Å². The summed E-state index contributed by atoms with van der Waals surface area (Å²) in [5.74, 6) is 0.0694. The fourth-order valence-electron chi connectivity index (χ4n) is 3.85. The summed E-state index contributed by atoms with van der Waals surface area (Å²) < 4.78 is 0. The van der Waals surface area contributed by atoms with Crippen LogP contribution in [0.25, 0.3) is 0 Å². The van der Waals surface area contributed by atoms with E-state index in [-0.39, 0.29) is 24.5 Å². The molecule has 0 bridgehead atoms. The van der Waals surface area contributed by atoms with Gasteiger partial charge in [0.25, 0.3) is 0 Å². The molecule has 3 aliphatic rings. The van der Waals surface area contributed by atoms with Crippen LogP contribution in [0.5, 0.6) is 0 Å². The third-order valence-corrected chi connectivity index (χ3v) is 5.65. The van der Waals surface area contributed by atoms with Crippen molar-refractivity contribution in [2.45, 2.75) is 57.5 Å². The SMILES string of the molecule is CCN1CCCN(C(=O)NC2CCN(C3CCC3)CC2)CC1=O. The van der Waals surface area contributed by atoms with E-state index in [9.17, 15) is 9.59 Å². The Labute approximate surface area is 139 Å². The van der Waals surface area contributed by atoms with Gasteiger partial charge in [0.1, 0.15) is 6.54 Å². The zero-order valence-corrected chi connectivity index (χ0v) is 14.3. The maximum Gasteiger partial charge on any atom is 0.318 e. The lowest BCUT2D eigenvalue weighted by Gasteiger charge is -2.42. The van der Waals surface area contributed by atoms with Gasteiger partial charge in [0.15, 0.2) is 0 Å². The van der Waals surface area contributed by atoms with Crippen LogP contribution < -0.4 is 5.32 Å². The minimum absolute atomic E-state index is 0.0570. The number of nitrogens with one attached hydrogen (secondary N) is 1. The van der Waals surface area contributed by atoms with E-state index in [2.05, 4.69) is 10.2 Å². The summed E-state index contributed by atoms with van der Waals surface area (Å²) in [5.41, 5.74) is 0. The van der Waals surface area contributed by atoms with Crippen LogP contribution in [0.2, 0.25) is 0 Å². The van der Waals surface area contributed by atoms with Gasteiger partial charge in [-0.1, -0.05) is 6.42 Å². The third kappa shape index (κ3) is 3.97. The Balaban J connectivity index is 1.44. The van der Waals surface area contributed by atoms with Crippen molar-refractivity contribution in [1.82, 2.24) is 20.0 Å². The fraction of sp³-hybridized carbons (Fsp3) is 0.882. The average molecular weight is 322 g/mol. The Morgan fingerprint density at radius 3 is 2.43 bits per heavy atom. The minimum Gasteiger partial charge on any atom is -0.341 e. The quantitative estimate of drug-likeness (QED) is 0.851. The molecule has 1 N–H and O–H groups in total. The van der Waals surface area contributed by atoms with Gasteiger partial charge in [-0.25, -0.2) is 4.79 Å². The number of hydrogen-bond acceptors (Lipinski definition) is 3. The van der Waals surface area contributed by atoms with Crippen LogP contribution in [0.1, 0.15) is 45.4 Å². The van der Waals surface area contributed by atoms with Crippen molar-refractivity contribution < 1.29 is 9.59 Å². The van der Waals surface area contributed by atoms with Crippen LogP contribution in [0.15, 0.2) is 0 Å². The maximum absolute atomic E-state index is 12.5. The van der Waals surface area contributed by atoms with Crippen LogP contribution >= 0.6 is 0 Å². The van der Waals surface area contributed by atoms with Crippen molar-refractivity contribution in [3.63, 3.8) is 0 Å². The lowest BCUT2D eigenvalue weighted by Crippen LogP contribution is -2.52. The molecule has 0 spiro atoms. The van der Waals surface area contributed by atoms with E-state index < -0.39 is 0 Å². The highest BCUT2D eigenvalue weighted by molar-refractivity contribution is 5.84. The maximum atomic E-state index is 12.5. The summed E-state index contributed by atoms with van der Waals surface area (Å²) in [6.07, 6.45) is 7.00. The summed E-state index contributed by atoms with van der Waals surface area (Å²) in [4.78, 5) is 30.7. The van der Waals surface area contributed by atoms with Gasteiger partial charge in [-0.05, 0) is 39.0 Å². The van der Waals surface area contributed by atoms with Crippen LogP contribution in [0, 0.1) is 0 Å². The molecule has 3 rings (SSSR count). The van der Waals surface area contributed by atoms with Crippen molar-refractivity contribution >= 4 is 11.9 Å². The molecule has 6 nitrogen and oxygen atoms in total. The second-order valence-electron chi connectivity index (χ2n) is 7.09. The highest BCUT2D eigenvalue weighted by Crippen LogP contribution is 2.27. The van der Waals surface area contributed by atoms with E-state index in [1.807, 2.05) is 11.8 Å².